The van der Waals surface area contributed by atoms with Gasteiger partial charge in [0.15, 0.2) is 5.96 Å². The third-order valence-electron chi connectivity index (χ3n) is 8.13. The van der Waals surface area contributed by atoms with Crippen LogP contribution in [0.4, 0.5) is 0 Å². The van der Waals surface area contributed by atoms with Crippen molar-refractivity contribution in [1.29, 1.82) is 0 Å². The van der Waals surface area contributed by atoms with Gasteiger partial charge >= 0.3 is 0 Å². The fourth-order valence-electron chi connectivity index (χ4n) is 6.12. The van der Waals surface area contributed by atoms with Crippen LogP contribution in [0.5, 0.6) is 0 Å². The summed E-state index contributed by atoms with van der Waals surface area (Å²) in [5.41, 5.74) is 0. The minimum Gasteiger partial charge on any atom is -0.357 e. The Morgan fingerprint density at radius 3 is 2.15 bits per heavy atom. The van der Waals surface area contributed by atoms with Crippen molar-refractivity contribution in [2.24, 2.45) is 10.9 Å². The van der Waals surface area contributed by atoms with Crippen molar-refractivity contribution in [3.63, 3.8) is 0 Å². The van der Waals surface area contributed by atoms with E-state index in [0.717, 1.165) is 70.7 Å². The van der Waals surface area contributed by atoms with Gasteiger partial charge in [0.2, 0.25) is 5.91 Å². The van der Waals surface area contributed by atoms with Crippen LogP contribution in [-0.4, -0.2) is 97.6 Å². The summed E-state index contributed by atoms with van der Waals surface area (Å²) in [6.45, 7) is 11.0. The van der Waals surface area contributed by atoms with Gasteiger partial charge in [0.05, 0.1) is 6.54 Å². The molecular weight excluding hydrogens is 527 g/mol. The summed E-state index contributed by atoms with van der Waals surface area (Å²) >= 11 is 0. The molecule has 2 aliphatic heterocycles. The average molecular weight is 575 g/mol. The number of nitrogens with one attached hydrogen (secondary N) is 2. The van der Waals surface area contributed by atoms with Crippen LogP contribution in [0, 0.1) is 5.92 Å². The molecule has 0 spiro atoms. The molecule has 2 N–H and O–H groups in total. The Kier molecular flexibility index (Phi) is 11.5. The Balaban J connectivity index is 0.00000306. The monoisotopic (exact) mass is 574 g/mol. The lowest BCUT2D eigenvalue weighted by Gasteiger charge is -2.37. The van der Waals surface area contributed by atoms with E-state index in [1.807, 2.05) is 0 Å². The Morgan fingerprint density at radius 1 is 0.879 bits per heavy atom. The van der Waals surface area contributed by atoms with Gasteiger partial charge in [-0.05, 0) is 45.4 Å². The average Bonchev–Trinajstić information content (AvgIpc) is 3.54. The van der Waals surface area contributed by atoms with E-state index < -0.39 is 0 Å². The molecule has 0 bridgehead atoms. The fraction of sp³-hybridized carbons (Fsp3) is 0.920. The number of likely N-dealkylation sites (tertiary alicyclic amines) is 1. The van der Waals surface area contributed by atoms with Crippen molar-refractivity contribution in [3.8, 4) is 0 Å². The van der Waals surface area contributed by atoms with Gasteiger partial charge in [-0.15, -0.1) is 24.0 Å². The Hall–Kier alpha value is -0.610. The van der Waals surface area contributed by atoms with Gasteiger partial charge in [0.1, 0.15) is 0 Å². The van der Waals surface area contributed by atoms with Crippen LogP contribution in [0.15, 0.2) is 4.99 Å². The molecule has 0 aromatic rings. The van der Waals surface area contributed by atoms with Crippen molar-refractivity contribution in [2.75, 3.05) is 58.9 Å². The second kappa shape index (κ2) is 14.1. The van der Waals surface area contributed by atoms with Crippen molar-refractivity contribution in [3.05, 3.63) is 0 Å². The molecule has 0 radical (unpaired) electrons. The largest absolute Gasteiger partial charge is 0.357 e. The highest BCUT2D eigenvalue weighted by molar-refractivity contribution is 14.0. The van der Waals surface area contributed by atoms with Crippen LogP contribution in [-0.2, 0) is 4.79 Å². The maximum Gasteiger partial charge on any atom is 0.225 e. The summed E-state index contributed by atoms with van der Waals surface area (Å²) in [5.74, 6) is 1.70. The van der Waals surface area contributed by atoms with Gasteiger partial charge < -0.3 is 20.4 Å². The second-order valence-electron chi connectivity index (χ2n) is 10.3. The summed E-state index contributed by atoms with van der Waals surface area (Å²) in [4.78, 5) is 24.8. The van der Waals surface area contributed by atoms with Crippen LogP contribution in [0.3, 0.4) is 0 Å². The quantitative estimate of drug-likeness (QED) is 0.278. The lowest BCUT2D eigenvalue weighted by Crippen LogP contribution is -2.51. The Morgan fingerprint density at radius 2 is 1.52 bits per heavy atom. The van der Waals surface area contributed by atoms with E-state index in [2.05, 4.69) is 32.3 Å². The molecule has 1 amide bonds. The molecule has 0 unspecified atom stereocenters. The van der Waals surface area contributed by atoms with Crippen LogP contribution >= 0.6 is 24.0 Å². The number of amides is 1. The molecule has 2 saturated heterocycles. The first kappa shape index (κ1) is 27.0. The van der Waals surface area contributed by atoms with Gasteiger partial charge in [0, 0.05) is 70.4 Å². The molecule has 190 valence electrons. The molecule has 7 nitrogen and oxygen atoms in total. The molecule has 0 atom stereocenters. The standard InChI is InChI=1S/C25H46N6O.HI/c1-2-26-25(28-22-11-14-30(15-12-22)23-9-5-6-10-23)27-13-16-29-17-19-31(20-18-29)24(32)21-7-3-4-8-21;/h21-23H,2-20H2,1H3,(H2,26,27,28);1H. The van der Waals surface area contributed by atoms with Gasteiger partial charge in [-0.25, -0.2) is 0 Å². The maximum atomic E-state index is 12.6. The summed E-state index contributed by atoms with van der Waals surface area (Å²) in [5, 5.41) is 7.14. The number of halogens is 1. The Bertz CT molecular complexity index is 604. The highest BCUT2D eigenvalue weighted by atomic mass is 127. The SMILES string of the molecule is CCNC(=NCCN1CCN(C(=O)C2CCCC2)CC1)NC1CCN(C2CCCC2)CC1.I. The zero-order valence-corrected chi connectivity index (χ0v) is 23.1. The van der Waals surface area contributed by atoms with Gasteiger partial charge in [0.25, 0.3) is 0 Å². The first-order valence-corrected chi connectivity index (χ1v) is 13.5. The van der Waals surface area contributed by atoms with E-state index in [1.54, 1.807) is 0 Å². The molecular formula is C25H47IN6O. The van der Waals surface area contributed by atoms with Crippen LogP contribution in [0.25, 0.3) is 0 Å². The summed E-state index contributed by atoms with van der Waals surface area (Å²) < 4.78 is 0. The van der Waals surface area contributed by atoms with E-state index in [0.29, 0.717) is 17.9 Å². The van der Waals surface area contributed by atoms with E-state index in [1.165, 1.54) is 64.5 Å². The van der Waals surface area contributed by atoms with E-state index in [4.69, 9.17) is 4.99 Å². The molecule has 0 aromatic heterocycles. The van der Waals surface area contributed by atoms with E-state index in [-0.39, 0.29) is 24.0 Å². The lowest BCUT2D eigenvalue weighted by atomic mass is 10.0. The molecule has 8 heteroatoms. The fourth-order valence-corrected chi connectivity index (χ4v) is 6.12. The van der Waals surface area contributed by atoms with Crippen LogP contribution in [0.2, 0.25) is 0 Å². The summed E-state index contributed by atoms with van der Waals surface area (Å²) in [7, 11) is 0. The molecule has 2 saturated carbocycles. The van der Waals surface area contributed by atoms with E-state index >= 15 is 0 Å². The number of aliphatic imine (C=N–C) groups is 1. The normalized spacial score (nSPS) is 24.8. The van der Waals surface area contributed by atoms with E-state index in [9.17, 15) is 4.79 Å². The first-order chi connectivity index (χ1) is 15.7. The van der Waals surface area contributed by atoms with Crippen molar-refractivity contribution < 1.29 is 4.79 Å². The molecule has 4 rings (SSSR count). The number of piperazine rings is 1. The molecule has 2 aliphatic carbocycles. The van der Waals surface area contributed by atoms with Crippen LogP contribution < -0.4 is 10.6 Å². The number of rotatable bonds is 7. The predicted octanol–water partition coefficient (Wildman–Crippen LogP) is 2.90. The first-order valence-electron chi connectivity index (χ1n) is 13.5. The number of carbonyl (C=O) groups is 1. The van der Waals surface area contributed by atoms with Crippen LogP contribution in [0.1, 0.15) is 71.1 Å². The van der Waals surface area contributed by atoms with Gasteiger partial charge in [-0.3, -0.25) is 14.7 Å². The Labute approximate surface area is 218 Å². The van der Waals surface area contributed by atoms with Crippen molar-refractivity contribution in [2.45, 2.75) is 83.2 Å². The molecule has 4 aliphatic rings. The minimum atomic E-state index is 0. The molecule has 0 aromatic carbocycles. The molecule has 33 heavy (non-hydrogen) atoms. The van der Waals surface area contributed by atoms with Crippen molar-refractivity contribution in [1.82, 2.24) is 25.3 Å². The molecule has 2 heterocycles. The number of carbonyl (C=O) groups excluding carboxylic acids is 1. The highest BCUT2D eigenvalue weighted by Crippen LogP contribution is 2.27. The maximum absolute atomic E-state index is 12.6. The number of guanidine groups is 1. The summed E-state index contributed by atoms with van der Waals surface area (Å²) in [6.07, 6.45) is 12.8. The predicted molar refractivity (Wildman–Crippen MR) is 146 cm³/mol. The highest BCUT2D eigenvalue weighted by Gasteiger charge is 2.29. The third-order valence-corrected chi connectivity index (χ3v) is 8.13. The van der Waals surface area contributed by atoms with Gasteiger partial charge in [-0.2, -0.15) is 0 Å². The number of hydrogen-bond acceptors (Lipinski definition) is 4. The number of nitrogens with zero attached hydrogens (tertiary/aromatic N) is 4. The third kappa shape index (κ3) is 7.95. The minimum absolute atomic E-state index is 0. The molecule has 4 fully saturated rings. The zero-order valence-electron chi connectivity index (χ0n) is 20.8. The summed E-state index contributed by atoms with van der Waals surface area (Å²) in [6, 6.07) is 1.39. The second-order valence-corrected chi connectivity index (χ2v) is 10.3. The van der Waals surface area contributed by atoms with Gasteiger partial charge in [-0.1, -0.05) is 25.7 Å². The number of hydrogen-bond donors (Lipinski definition) is 2. The number of piperidine rings is 1. The smallest absolute Gasteiger partial charge is 0.225 e. The topological polar surface area (TPSA) is 63.2 Å². The zero-order chi connectivity index (χ0) is 22.2. The lowest BCUT2D eigenvalue weighted by molar-refractivity contribution is -0.137. The van der Waals surface area contributed by atoms with Crippen molar-refractivity contribution >= 4 is 35.8 Å².